The Morgan fingerprint density at radius 3 is 2.79 bits per heavy atom. The number of rotatable bonds is 4. The van der Waals surface area contributed by atoms with Crippen LogP contribution in [-0.2, 0) is 8.87 Å². The Kier molecular flexibility index (Phi) is 4.87. The van der Waals surface area contributed by atoms with E-state index in [4.69, 9.17) is 16.3 Å². The Bertz CT molecular complexity index is 510. The van der Waals surface area contributed by atoms with Gasteiger partial charge in [-0.15, -0.1) is 23.5 Å². The lowest BCUT2D eigenvalue weighted by atomic mass is 10.0. The molecular formula is C14H15ClO2S2. The van der Waals surface area contributed by atoms with Gasteiger partial charge in [-0.05, 0) is 42.4 Å². The predicted octanol–water partition coefficient (Wildman–Crippen LogP) is 4.13. The first kappa shape index (κ1) is 14.8. The highest BCUT2D eigenvalue weighted by Gasteiger charge is 2.36. The van der Waals surface area contributed by atoms with Crippen LogP contribution in [0.2, 0.25) is 0 Å². The van der Waals surface area contributed by atoms with E-state index in [1.807, 2.05) is 41.7 Å². The predicted molar refractivity (Wildman–Crippen MR) is 85.2 cm³/mol. The van der Waals surface area contributed by atoms with Crippen molar-refractivity contribution in [3.63, 3.8) is 0 Å². The number of aldehydes is 1. The average Bonchev–Trinajstić information content (AvgIpc) is 2.46. The molecule has 1 aromatic carbocycles. The molecule has 0 N–H and O–H groups in total. The van der Waals surface area contributed by atoms with E-state index in [0.717, 1.165) is 29.9 Å². The van der Waals surface area contributed by atoms with Crippen molar-refractivity contribution < 1.29 is 9.53 Å². The third kappa shape index (κ3) is 2.81. The summed E-state index contributed by atoms with van der Waals surface area (Å²) in [5.74, 6) is 0.911. The molecule has 0 aliphatic carbocycles. The molecule has 102 valence electrons. The van der Waals surface area contributed by atoms with Gasteiger partial charge < -0.3 is 4.74 Å². The first-order valence-electron chi connectivity index (χ1n) is 5.86. The average molecular weight is 315 g/mol. The zero-order chi connectivity index (χ0) is 13.9. The third-order valence-electron chi connectivity index (χ3n) is 3.23. The van der Waals surface area contributed by atoms with Crippen LogP contribution in [0.1, 0.15) is 17.5 Å². The Balaban J connectivity index is 2.52. The summed E-state index contributed by atoms with van der Waals surface area (Å²) in [6, 6.07) is 5.85. The minimum Gasteiger partial charge on any atom is -0.493 e. The monoisotopic (exact) mass is 314 g/mol. The Morgan fingerprint density at radius 2 is 2.16 bits per heavy atom. The zero-order valence-corrected chi connectivity index (χ0v) is 13.2. The molecule has 0 bridgehead atoms. The highest BCUT2D eigenvalue weighted by Crippen LogP contribution is 2.52. The van der Waals surface area contributed by atoms with Crippen molar-refractivity contribution in [1.82, 2.24) is 0 Å². The zero-order valence-electron chi connectivity index (χ0n) is 10.8. The number of benzene rings is 1. The van der Waals surface area contributed by atoms with Crippen LogP contribution < -0.4 is 4.74 Å². The maximum Gasteiger partial charge on any atom is 0.144 e. The van der Waals surface area contributed by atoms with Gasteiger partial charge in [0.25, 0.3) is 0 Å². The summed E-state index contributed by atoms with van der Waals surface area (Å²) in [6.07, 6.45) is 7.25. The number of fused-ring (bicyclic) bond motifs is 1. The van der Waals surface area contributed by atoms with Crippen LogP contribution in [0, 0.1) is 0 Å². The van der Waals surface area contributed by atoms with E-state index >= 15 is 0 Å². The minimum absolute atomic E-state index is 0.00193. The molecule has 1 heterocycles. The van der Waals surface area contributed by atoms with E-state index in [2.05, 4.69) is 12.5 Å². The quantitative estimate of drug-likeness (QED) is 0.474. The van der Waals surface area contributed by atoms with Crippen molar-refractivity contribution in [3.05, 3.63) is 35.4 Å². The molecule has 0 saturated heterocycles. The van der Waals surface area contributed by atoms with Crippen molar-refractivity contribution >= 4 is 46.4 Å². The van der Waals surface area contributed by atoms with Gasteiger partial charge in [0.2, 0.25) is 0 Å². The standard InChI is InChI=1S/C14H15ClO2S2/c1-18-14(19-2)6-8-17-13-4-3-10(9-11(13)14)12(15)5-7-16/h3-5,7,9H,6,8H2,1-2H3. The SMILES string of the molecule is CSC1(SC)CCOc2ccc(C(Cl)=CC=O)cc21. The fourth-order valence-corrected chi connectivity index (χ4v) is 4.36. The van der Waals surface area contributed by atoms with E-state index in [1.165, 1.54) is 6.08 Å². The summed E-state index contributed by atoms with van der Waals surface area (Å²) in [5, 5.41) is 0.458. The fourth-order valence-electron chi connectivity index (χ4n) is 2.20. The minimum atomic E-state index is 0.00193. The van der Waals surface area contributed by atoms with Gasteiger partial charge in [-0.3, -0.25) is 4.79 Å². The normalized spacial score (nSPS) is 17.5. The van der Waals surface area contributed by atoms with Crippen molar-refractivity contribution in [1.29, 1.82) is 0 Å². The van der Waals surface area contributed by atoms with Crippen molar-refractivity contribution in [2.75, 3.05) is 19.1 Å². The smallest absolute Gasteiger partial charge is 0.144 e. The van der Waals surface area contributed by atoms with E-state index in [-0.39, 0.29) is 4.08 Å². The third-order valence-corrected chi connectivity index (χ3v) is 6.74. The fraction of sp³-hybridized carbons (Fsp3) is 0.357. The molecule has 0 fully saturated rings. The summed E-state index contributed by atoms with van der Waals surface area (Å²) in [4.78, 5) is 10.5. The first-order valence-corrected chi connectivity index (χ1v) is 8.68. The number of allylic oxidation sites excluding steroid dienone is 1. The first-order chi connectivity index (χ1) is 9.16. The molecule has 19 heavy (non-hydrogen) atoms. The lowest BCUT2D eigenvalue weighted by Gasteiger charge is -2.36. The highest BCUT2D eigenvalue weighted by molar-refractivity contribution is 8.16. The van der Waals surface area contributed by atoms with Crippen LogP contribution in [-0.4, -0.2) is 25.4 Å². The second-order valence-electron chi connectivity index (χ2n) is 4.12. The van der Waals surface area contributed by atoms with Crippen LogP contribution in [0.3, 0.4) is 0 Å². The second-order valence-corrected chi connectivity index (χ2v) is 7.00. The molecular weight excluding hydrogens is 300 g/mol. The molecule has 1 aliphatic heterocycles. The van der Waals surface area contributed by atoms with E-state index < -0.39 is 0 Å². The largest absolute Gasteiger partial charge is 0.493 e. The number of hydrogen-bond donors (Lipinski definition) is 0. The summed E-state index contributed by atoms with van der Waals surface area (Å²) >= 11 is 9.74. The molecule has 1 aromatic rings. The number of ether oxygens (including phenoxy) is 1. The van der Waals surface area contributed by atoms with Crippen LogP contribution >= 0.6 is 35.1 Å². The number of thioether (sulfide) groups is 2. The Morgan fingerprint density at radius 1 is 1.42 bits per heavy atom. The van der Waals surface area contributed by atoms with Gasteiger partial charge in [-0.2, -0.15) is 0 Å². The lowest BCUT2D eigenvalue weighted by molar-refractivity contribution is -0.104. The molecule has 0 atom stereocenters. The molecule has 1 aliphatic rings. The van der Waals surface area contributed by atoms with Gasteiger partial charge in [0.15, 0.2) is 0 Å². The lowest BCUT2D eigenvalue weighted by Crippen LogP contribution is -2.26. The summed E-state index contributed by atoms with van der Waals surface area (Å²) in [7, 11) is 0. The van der Waals surface area contributed by atoms with E-state index in [9.17, 15) is 4.79 Å². The Hall–Kier alpha value is -0.580. The van der Waals surface area contributed by atoms with Gasteiger partial charge >= 0.3 is 0 Å². The molecule has 0 aromatic heterocycles. The molecule has 0 amide bonds. The highest BCUT2D eigenvalue weighted by atomic mass is 35.5. The topological polar surface area (TPSA) is 26.3 Å². The van der Waals surface area contributed by atoms with Crippen LogP contribution in [0.5, 0.6) is 5.75 Å². The van der Waals surface area contributed by atoms with Gasteiger partial charge in [-0.1, -0.05) is 11.6 Å². The Labute approximate surface area is 126 Å². The van der Waals surface area contributed by atoms with Crippen molar-refractivity contribution in [2.24, 2.45) is 0 Å². The summed E-state index contributed by atoms with van der Waals surface area (Å²) in [6.45, 7) is 0.728. The van der Waals surface area contributed by atoms with Gasteiger partial charge in [0, 0.05) is 12.0 Å². The molecule has 0 radical (unpaired) electrons. The number of carbonyl (C=O) groups excluding carboxylic acids is 1. The second kappa shape index (κ2) is 6.25. The number of carbonyl (C=O) groups is 1. The summed E-state index contributed by atoms with van der Waals surface area (Å²) < 4.78 is 5.72. The number of halogens is 1. The maximum atomic E-state index is 10.5. The van der Waals surface area contributed by atoms with E-state index in [0.29, 0.717) is 11.3 Å². The van der Waals surface area contributed by atoms with Crippen molar-refractivity contribution in [3.8, 4) is 5.75 Å². The van der Waals surface area contributed by atoms with Crippen LogP contribution in [0.25, 0.3) is 5.03 Å². The molecule has 0 saturated carbocycles. The van der Waals surface area contributed by atoms with Gasteiger partial charge in [-0.25, -0.2) is 0 Å². The van der Waals surface area contributed by atoms with Crippen LogP contribution in [0.4, 0.5) is 0 Å². The van der Waals surface area contributed by atoms with Crippen molar-refractivity contribution in [2.45, 2.75) is 10.5 Å². The van der Waals surface area contributed by atoms with Gasteiger partial charge in [0.1, 0.15) is 12.0 Å². The molecule has 0 spiro atoms. The van der Waals surface area contributed by atoms with E-state index in [1.54, 1.807) is 0 Å². The molecule has 0 unspecified atom stereocenters. The maximum absolute atomic E-state index is 10.5. The van der Waals surface area contributed by atoms with Gasteiger partial charge in [0.05, 0.1) is 15.7 Å². The molecule has 5 heteroatoms. The number of hydrogen-bond acceptors (Lipinski definition) is 4. The van der Waals surface area contributed by atoms with Crippen LogP contribution in [0.15, 0.2) is 24.3 Å². The summed E-state index contributed by atoms with van der Waals surface area (Å²) in [5.41, 5.74) is 2.00. The molecule has 2 nitrogen and oxygen atoms in total. The molecule has 2 rings (SSSR count).